The molecule has 1 aromatic heterocycles. The number of hydrogen-bond donors (Lipinski definition) is 1. The summed E-state index contributed by atoms with van der Waals surface area (Å²) in [5.74, 6) is 0.344. The zero-order valence-electron chi connectivity index (χ0n) is 7.07. The summed E-state index contributed by atoms with van der Waals surface area (Å²) in [4.78, 5) is 18.2. The first kappa shape index (κ1) is 8.90. The summed E-state index contributed by atoms with van der Waals surface area (Å²) in [6, 6.07) is 5.05. The van der Waals surface area contributed by atoms with Gasteiger partial charge in [0.2, 0.25) is 0 Å². The molecule has 2 rings (SSSR count). The molecule has 0 bridgehead atoms. The summed E-state index contributed by atoms with van der Waals surface area (Å²) in [7, 11) is 0. The van der Waals surface area contributed by atoms with Gasteiger partial charge in [0.25, 0.3) is 0 Å². The molecular formula is C9H6ClN3O. The topological polar surface area (TPSA) is 68.9 Å². The number of aldehydes is 1. The Bertz CT molecular complexity index is 513. The van der Waals surface area contributed by atoms with Crippen molar-refractivity contribution in [1.29, 1.82) is 0 Å². The van der Waals surface area contributed by atoms with Crippen molar-refractivity contribution < 1.29 is 4.79 Å². The fourth-order valence-corrected chi connectivity index (χ4v) is 1.37. The van der Waals surface area contributed by atoms with E-state index in [1.54, 1.807) is 18.2 Å². The Balaban J connectivity index is 2.82. The molecule has 2 N–H and O–H groups in total. The predicted octanol–water partition coefficient (Wildman–Crippen LogP) is 1.68. The molecule has 14 heavy (non-hydrogen) atoms. The van der Waals surface area contributed by atoms with Gasteiger partial charge in [0.1, 0.15) is 5.82 Å². The number of benzene rings is 1. The van der Waals surface area contributed by atoms with E-state index in [1.165, 1.54) is 0 Å². The molecule has 0 spiro atoms. The van der Waals surface area contributed by atoms with Crippen LogP contribution in [0.3, 0.4) is 0 Å². The van der Waals surface area contributed by atoms with Gasteiger partial charge < -0.3 is 5.73 Å². The Labute approximate surface area is 84.7 Å². The molecule has 0 saturated heterocycles. The number of fused-ring (bicyclic) bond motifs is 1. The maximum atomic E-state index is 10.5. The van der Waals surface area contributed by atoms with Crippen molar-refractivity contribution in [2.24, 2.45) is 0 Å². The zero-order valence-corrected chi connectivity index (χ0v) is 7.82. The van der Waals surface area contributed by atoms with Crippen LogP contribution >= 0.6 is 11.6 Å². The van der Waals surface area contributed by atoms with E-state index in [9.17, 15) is 4.79 Å². The van der Waals surface area contributed by atoms with Gasteiger partial charge in [-0.25, -0.2) is 9.97 Å². The van der Waals surface area contributed by atoms with Crippen molar-refractivity contribution in [1.82, 2.24) is 9.97 Å². The molecule has 0 amide bonds. The number of nitrogen functional groups attached to an aromatic ring is 1. The van der Waals surface area contributed by atoms with E-state index < -0.39 is 0 Å². The average Bonchev–Trinajstić information content (AvgIpc) is 2.19. The highest BCUT2D eigenvalue weighted by molar-refractivity contribution is 6.31. The van der Waals surface area contributed by atoms with Crippen LogP contribution < -0.4 is 5.73 Å². The third-order valence-electron chi connectivity index (χ3n) is 1.81. The highest BCUT2D eigenvalue weighted by Crippen LogP contribution is 2.21. The molecule has 5 heteroatoms. The summed E-state index contributed by atoms with van der Waals surface area (Å²) in [6.45, 7) is 0. The fraction of sp³-hybridized carbons (Fsp3) is 0. The lowest BCUT2D eigenvalue weighted by Gasteiger charge is -2.01. The van der Waals surface area contributed by atoms with Crippen molar-refractivity contribution >= 4 is 34.6 Å². The Morgan fingerprint density at radius 1 is 1.36 bits per heavy atom. The maximum Gasteiger partial charge on any atom is 0.195 e. The highest BCUT2D eigenvalue weighted by atomic mass is 35.5. The van der Waals surface area contributed by atoms with Gasteiger partial charge in [-0.3, -0.25) is 4.79 Å². The minimum absolute atomic E-state index is 0.0809. The zero-order chi connectivity index (χ0) is 10.1. The number of aromatic nitrogens is 2. The van der Waals surface area contributed by atoms with E-state index >= 15 is 0 Å². The lowest BCUT2D eigenvalue weighted by molar-refractivity contribution is 0.111. The van der Waals surface area contributed by atoms with E-state index in [2.05, 4.69) is 9.97 Å². The van der Waals surface area contributed by atoms with Gasteiger partial charge in [-0.2, -0.15) is 0 Å². The van der Waals surface area contributed by atoms with Crippen LogP contribution in [0.1, 0.15) is 10.6 Å². The molecule has 0 unspecified atom stereocenters. The first-order valence-electron chi connectivity index (χ1n) is 3.88. The lowest BCUT2D eigenvalue weighted by Crippen LogP contribution is -1.99. The standard InChI is InChI=1S/C9H6ClN3O/c10-5-1-2-7-6(3-5)9(11)13-8(4-14)12-7/h1-4H,(H2,11,12,13). The molecule has 0 radical (unpaired) electrons. The number of carbonyl (C=O) groups is 1. The third-order valence-corrected chi connectivity index (χ3v) is 2.05. The van der Waals surface area contributed by atoms with Crippen LogP contribution in [-0.4, -0.2) is 16.3 Å². The Kier molecular flexibility index (Phi) is 2.05. The molecule has 0 aliphatic carbocycles. The van der Waals surface area contributed by atoms with Gasteiger partial charge in [-0.05, 0) is 18.2 Å². The third kappa shape index (κ3) is 1.40. The van der Waals surface area contributed by atoms with E-state index in [0.717, 1.165) is 0 Å². The summed E-state index contributed by atoms with van der Waals surface area (Å²) < 4.78 is 0. The van der Waals surface area contributed by atoms with Crippen molar-refractivity contribution in [3.63, 3.8) is 0 Å². The van der Waals surface area contributed by atoms with Crippen LogP contribution in [0.2, 0.25) is 5.02 Å². The van der Waals surface area contributed by atoms with Crippen molar-refractivity contribution in [3.8, 4) is 0 Å². The van der Waals surface area contributed by atoms with Crippen LogP contribution in [0.25, 0.3) is 10.9 Å². The van der Waals surface area contributed by atoms with E-state index in [-0.39, 0.29) is 11.6 Å². The van der Waals surface area contributed by atoms with Crippen molar-refractivity contribution in [2.45, 2.75) is 0 Å². The SMILES string of the molecule is Nc1nc(C=O)nc2ccc(Cl)cc12. The molecule has 0 saturated carbocycles. The summed E-state index contributed by atoms with van der Waals surface area (Å²) >= 11 is 5.78. The van der Waals surface area contributed by atoms with Gasteiger partial charge in [-0.15, -0.1) is 0 Å². The van der Waals surface area contributed by atoms with E-state index in [4.69, 9.17) is 17.3 Å². The van der Waals surface area contributed by atoms with Gasteiger partial charge in [0, 0.05) is 10.4 Å². The summed E-state index contributed by atoms with van der Waals surface area (Å²) in [6.07, 6.45) is 0.560. The number of halogens is 1. The normalized spacial score (nSPS) is 10.4. The molecule has 1 aromatic carbocycles. The predicted molar refractivity (Wildman–Crippen MR) is 54.3 cm³/mol. The Morgan fingerprint density at radius 2 is 2.14 bits per heavy atom. The summed E-state index contributed by atoms with van der Waals surface area (Å²) in [5.41, 5.74) is 6.25. The molecule has 1 heterocycles. The molecule has 4 nitrogen and oxygen atoms in total. The second kappa shape index (κ2) is 3.23. The van der Waals surface area contributed by atoms with Crippen LogP contribution in [0, 0.1) is 0 Å². The lowest BCUT2D eigenvalue weighted by atomic mass is 10.2. The number of carbonyl (C=O) groups excluding carboxylic acids is 1. The smallest absolute Gasteiger partial charge is 0.195 e. The number of anilines is 1. The minimum atomic E-state index is 0.0809. The molecule has 0 fully saturated rings. The van der Waals surface area contributed by atoms with Gasteiger partial charge in [0.05, 0.1) is 5.52 Å². The molecule has 0 atom stereocenters. The van der Waals surface area contributed by atoms with Gasteiger partial charge >= 0.3 is 0 Å². The first-order chi connectivity index (χ1) is 6.70. The largest absolute Gasteiger partial charge is 0.383 e. The summed E-state index contributed by atoms with van der Waals surface area (Å²) in [5, 5.41) is 1.22. The number of rotatable bonds is 1. The number of nitrogens with zero attached hydrogens (tertiary/aromatic N) is 2. The van der Waals surface area contributed by atoms with Crippen LogP contribution in [-0.2, 0) is 0 Å². The fourth-order valence-electron chi connectivity index (χ4n) is 1.20. The Hall–Kier alpha value is -1.68. The quantitative estimate of drug-likeness (QED) is 0.723. The highest BCUT2D eigenvalue weighted by Gasteiger charge is 2.04. The molecular weight excluding hydrogens is 202 g/mol. The minimum Gasteiger partial charge on any atom is -0.383 e. The average molecular weight is 208 g/mol. The van der Waals surface area contributed by atoms with E-state index in [1.807, 2.05) is 0 Å². The second-order valence-electron chi connectivity index (χ2n) is 2.75. The maximum absolute atomic E-state index is 10.5. The van der Waals surface area contributed by atoms with Crippen LogP contribution in [0.4, 0.5) is 5.82 Å². The molecule has 0 aliphatic heterocycles. The second-order valence-corrected chi connectivity index (χ2v) is 3.18. The number of hydrogen-bond acceptors (Lipinski definition) is 4. The molecule has 0 aliphatic rings. The Morgan fingerprint density at radius 3 is 2.86 bits per heavy atom. The van der Waals surface area contributed by atoms with Crippen molar-refractivity contribution in [2.75, 3.05) is 5.73 Å². The van der Waals surface area contributed by atoms with Gasteiger partial charge in [-0.1, -0.05) is 11.6 Å². The number of nitrogens with two attached hydrogens (primary N) is 1. The van der Waals surface area contributed by atoms with E-state index in [0.29, 0.717) is 22.2 Å². The van der Waals surface area contributed by atoms with Crippen molar-refractivity contribution in [3.05, 3.63) is 29.0 Å². The first-order valence-corrected chi connectivity index (χ1v) is 4.26. The molecule has 70 valence electrons. The van der Waals surface area contributed by atoms with Crippen LogP contribution in [0.15, 0.2) is 18.2 Å². The van der Waals surface area contributed by atoms with Gasteiger partial charge in [0.15, 0.2) is 12.1 Å². The molecule has 2 aromatic rings. The monoisotopic (exact) mass is 207 g/mol. The van der Waals surface area contributed by atoms with Crippen LogP contribution in [0.5, 0.6) is 0 Å².